The molecule has 0 amide bonds. The van der Waals surface area contributed by atoms with Gasteiger partial charge >= 0.3 is 5.97 Å². The summed E-state index contributed by atoms with van der Waals surface area (Å²) in [6.07, 6.45) is -1.36. The van der Waals surface area contributed by atoms with Gasteiger partial charge in [0.25, 0.3) is 0 Å². The van der Waals surface area contributed by atoms with E-state index in [4.69, 9.17) is 15.9 Å². The highest BCUT2D eigenvalue weighted by Crippen LogP contribution is 2.18. The molecule has 0 saturated heterocycles. The number of rotatable bonds is 3. The Bertz CT molecular complexity index is 483. The van der Waals surface area contributed by atoms with Crippen molar-refractivity contribution in [1.82, 2.24) is 0 Å². The van der Waals surface area contributed by atoms with Gasteiger partial charge in [0.15, 0.2) is 6.10 Å². The van der Waals surface area contributed by atoms with Crippen molar-refractivity contribution in [3.63, 3.8) is 0 Å². The highest BCUT2D eigenvalue weighted by molar-refractivity contribution is 7.10. The fraction of sp³-hybridized carbons (Fsp3) is 0.214. The molecule has 0 radical (unpaired) electrons. The van der Waals surface area contributed by atoms with E-state index in [0.29, 0.717) is 4.88 Å². The first-order chi connectivity index (χ1) is 9.02. The van der Waals surface area contributed by atoms with Crippen LogP contribution in [-0.4, -0.2) is 16.2 Å². The number of hydrogen-bond acceptors (Lipinski definition) is 4. The van der Waals surface area contributed by atoms with E-state index in [-0.39, 0.29) is 6.04 Å². The number of benzene rings is 1. The van der Waals surface area contributed by atoms with Gasteiger partial charge in [-0.2, -0.15) is 0 Å². The molecule has 1 aromatic carbocycles. The fourth-order valence-electron chi connectivity index (χ4n) is 1.33. The van der Waals surface area contributed by atoms with Gasteiger partial charge in [0.2, 0.25) is 0 Å². The van der Waals surface area contributed by atoms with Gasteiger partial charge in [-0.3, -0.25) is 0 Å². The molecule has 19 heavy (non-hydrogen) atoms. The molecule has 2 unspecified atom stereocenters. The van der Waals surface area contributed by atoms with E-state index in [1.54, 1.807) is 17.5 Å². The lowest BCUT2D eigenvalue weighted by atomic mass is 10.1. The lowest BCUT2D eigenvalue weighted by Crippen LogP contribution is -2.08. The fourth-order valence-corrected chi connectivity index (χ4v) is 2.03. The first-order valence-corrected chi connectivity index (χ1v) is 6.65. The second kappa shape index (κ2) is 7.68. The van der Waals surface area contributed by atoms with Crippen LogP contribution in [0.1, 0.15) is 29.5 Å². The van der Waals surface area contributed by atoms with Crippen LogP contribution in [0.5, 0.6) is 0 Å². The smallest absolute Gasteiger partial charge is 0.338 e. The van der Waals surface area contributed by atoms with E-state index in [2.05, 4.69) is 0 Å². The maximum atomic E-state index is 10.2. The van der Waals surface area contributed by atoms with Crippen LogP contribution in [0.2, 0.25) is 0 Å². The van der Waals surface area contributed by atoms with Crippen LogP contribution in [0.3, 0.4) is 0 Å². The Morgan fingerprint density at radius 1 is 1.21 bits per heavy atom. The summed E-state index contributed by atoms with van der Waals surface area (Å²) >= 11 is 1.23. The zero-order valence-electron chi connectivity index (χ0n) is 10.6. The van der Waals surface area contributed by atoms with Crippen LogP contribution < -0.4 is 5.73 Å². The van der Waals surface area contributed by atoms with Gasteiger partial charge in [-0.05, 0) is 23.9 Å². The summed E-state index contributed by atoms with van der Waals surface area (Å²) in [6, 6.07) is 13.5. The Morgan fingerprint density at radius 3 is 2.21 bits per heavy atom. The molecule has 0 bridgehead atoms. The van der Waals surface area contributed by atoms with Gasteiger partial charge < -0.3 is 15.9 Å². The third kappa shape index (κ3) is 5.21. The maximum absolute atomic E-state index is 10.2. The maximum Gasteiger partial charge on any atom is 0.338 e. The predicted molar refractivity (Wildman–Crippen MR) is 76.0 cm³/mol. The number of hydrogen-bond donors (Lipinski definition) is 3. The number of carboxylic acid groups (broad SMARTS) is 1. The zero-order chi connectivity index (χ0) is 14.3. The van der Waals surface area contributed by atoms with Crippen LogP contribution in [0.25, 0.3) is 0 Å². The van der Waals surface area contributed by atoms with Crippen LogP contribution in [-0.2, 0) is 4.79 Å². The second-order valence-corrected chi connectivity index (χ2v) is 4.93. The molecule has 2 aromatic rings. The summed E-state index contributed by atoms with van der Waals surface area (Å²) in [7, 11) is 0. The summed E-state index contributed by atoms with van der Waals surface area (Å²) in [6.45, 7) is 1.98. The van der Waals surface area contributed by atoms with E-state index < -0.39 is 12.1 Å². The molecule has 2 rings (SSSR count). The monoisotopic (exact) mass is 279 g/mol. The number of aliphatic carboxylic acids is 1. The van der Waals surface area contributed by atoms with Gasteiger partial charge in [-0.15, -0.1) is 11.3 Å². The molecule has 1 heterocycles. The highest BCUT2D eigenvalue weighted by atomic mass is 32.1. The molecule has 0 aliphatic rings. The molecular weight excluding hydrogens is 262 g/mol. The Balaban J connectivity index is 0.000000191. The average molecular weight is 279 g/mol. The van der Waals surface area contributed by atoms with E-state index >= 15 is 0 Å². The summed E-state index contributed by atoms with van der Waals surface area (Å²) in [5, 5.41) is 18.9. The molecule has 5 heteroatoms. The summed E-state index contributed by atoms with van der Waals surface area (Å²) in [4.78, 5) is 10.6. The van der Waals surface area contributed by atoms with Gasteiger partial charge in [-0.1, -0.05) is 36.4 Å². The largest absolute Gasteiger partial charge is 0.479 e. The SMILES string of the molecule is CC(N)c1ccccc1.O=C(O)C(O)c1cccs1. The Labute approximate surface area is 116 Å². The normalized spacial score (nSPS) is 13.0. The van der Waals surface area contributed by atoms with Crippen LogP contribution in [0, 0.1) is 0 Å². The third-order valence-corrected chi connectivity index (χ3v) is 3.30. The highest BCUT2D eigenvalue weighted by Gasteiger charge is 2.15. The predicted octanol–water partition coefficient (Wildman–Crippen LogP) is 2.57. The van der Waals surface area contributed by atoms with Crippen molar-refractivity contribution in [2.45, 2.75) is 19.1 Å². The summed E-state index contributed by atoms with van der Waals surface area (Å²) < 4.78 is 0. The van der Waals surface area contributed by atoms with Gasteiger partial charge in [0.1, 0.15) is 0 Å². The average Bonchev–Trinajstić information content (AvgIpc) is 2.93. The van der Waals surface area contributed by atoms with Crippen molar-refractivity contribution < 1.29 is 15.0 Å². The molecule has 0 spiro atoms. The Morgan fingerprint density at radius 2 is 1.84 bits per heavy atom. The van der Waals surface area contributed by atoms with Crippen molar-refractivity contribution in [3.8, 4) is 0 Å². The quantitative estimate of drug-likeness (QED) is 0.806. The minimum Gasteiger partial charge on any atom is -0.479 e. The minimum absolute atomic E-state index is 0.159. The Hall–Kier alpha value is -1.69. The Kier molecular flexibility index (Phi) is 6.21. The minimum atomic E-state index is -1.36. The van der Waals surface area contributed by atoms with E-state index in [1.807, 2.05) is 37.3 Å². The van der Waals surface area contributed by atoms with Crippen LogP contribution >= 0.6 is 11.3 Å². The number of aliphatic hydroxyl groups excluding tert-OH is 1. The van der Waals surface area contributed by atoms with Crippen molar-refractivity contribution in [2.75, 3.05) is 0 Å². The first kappa shape index (κ1) is 15.4. The topological polar surface area (TPSA) is 83.6 Å². The van der Waals surface area contributed by atoms with Crippen molar-refractivity contribution in [3.05, 3.63) is 58.3 Å². The molecule has 1 aromatic heterocycles. The molecular formula is C14H17NO3S. The second-order valence-electron chi connectivity index (χ2n) is 3.96. The lowest BCUT2D eigenvalue weighted by molar-refractivity contribution is -0.146. The van der Waals surface area contributed by atoms with Gasteiger partial charge in [0.05, 0.1) is 0 Å². The summed E-state index contributed by atoms with van der Waals surface area (Å²) in [5.74, 6) is -1.21. The molecule has 4 nitrogen and oxygen atoms in total. The number of aliphatic hydroxyl groups is 1. The number of thiophene rings is 1. The first-order valence-electron chi connectivity index (χ1n) is 5.77. The molecule has 0 saturated carbocycles. The standard InChI is InChI=1S/C8H11N.C6H6O3S/c1-7(9)8-5-3-2-4-6-8;7-5(6(8)9)4-2-1-3-10-4/h2-7H,9H2,1H3;1-3,5,7H,(H,8,9). The zero-order valence-corrected chi connectivity index (χ0v) is 11.4. The van der Waals surface area contributed by atoms with Crippen molar-refractivity contribution in [2.24, 2.45) is 5.73 Å². The number of carbonyl (C=O) groups is 1. The number of carboxylic acids is 1. The van der Waals surface area contributed by atoms with Crippen LogP contribution in [0.4, 0.5) is 0 Å². The molecule has 0 aliphatic carbocycles. The molecule has 0 fully saturated rings. The van der Waals surface area contributed by atoms with Crippen molar-refractivity contribution >= 4 is 17.3 Å². The van der Waals surface area contributed by atoms with Gasteiger partial charge in [0, 0.05) is 10.9 Å². The van der Waals surface area contributed by atoms with E-state index in [1.165, 1.54) is 16.9 Å². The molecule has 2 atom stereocenters. The van der Waals surface area contributed by atoms with Crippen LogP contribution in [0.15, 0.2) is 47.8 Å². The van der Waals surface area contributed by atoms with Gasteiger partial charge in [-0.25, -0.2) is 4.79 Å². The summed E-state index contributed by atoms with van der Waals surface area (Å²) in [5.41, 5.74) is 6.81. The lowest BCUT2D eigenvalue weighted by Gasteiger charge is -2.02. The van der Waals surface area contributed by atoms with E-state index in [9.17, 15) is 4.79 Å². The molecule has 102 valence electrons. The third-order valence-electron chi connectivity index (χ3n) is 2.37. The van der Waals surface area contributed by atoms with Crippen molar-refractivity contribution in [1.29, 1.82) is 0 Å². The number of nitrogens with two attached hydrogens (primary N) is 1. The molecule has 0 aliphatic heterocycles. The molecule has 4 N–H and O–H groups in total. The van der Waals surface area contributed by atoms with E-state index in [0.717, 1.165) is 0 Å².